The number of hydrogen-bond donors (Lipinski definition) is 4. The third-order valence-electron chi connectivity index (χ3n) is 9.28. The van der Waals surface area contributed by atoms with Gasteiger partial charge in [0.1, 0.15) is 6.61 Å². The first-order chi connectivity index (χ1) is 28.6. The highest BCUT2D eigenvalue weighted by atomic mass is 16.8. The number of carbonyl (C=O) groups excluding carboxylic acids is 7. The molecule has 1 aliphatic heterocycles. The highest BCUT2D eigenvalue weighted by Crippen LogP contribution is 2.47. The molecule has 2 aromatic carbocycles. The average molecular weight is 826 g/mol. The molecule has 4 N–H and O–H groups in total. The van der Waals surface area contributed by atoms with E-state index in [1.807, 2.05) is 12.1 Å². The van der Waals surface area contributed by atoms with Gasteiger partial charge in [0, 0.05) is 110 Å². The van der Waals surface area contributed by atoms with Gasteiger partial charge < -0.3 is 45.0 Å². The van der Waals surface area contributed by atoms with Crippen LogP contribution in [0.15, 0.2) is 36.4 Å². The number of imide groups is 1. The van der Waals surface area contributed by atoms with Crippen LogP contribution in [0, 0.1) is 0 Å². The highest BCUT2D eigenvalue weighted by molar-refractivity contribution is 6.01. The Balaban J connectivity index is 1.32. The zero-order valence-corrected chi connectivity index (χ0v) is 33.7. The zero-order valence-electron chi connectivity index (χ0n) is 33.7. The van der Waals surface area contributed by atoms with Crippen molar-refractivity contribution in [3.63, 3.8) is 0 Å². The second-order valence-corrected chi connectivity index (χ2v) is 13.8. The molecule has 0 atom stereocenters. The number of benzene rings is 2. The van der Waals surface area contributed by atoms with E-state index in [9.17, 15) is 33.6 Å². The normalized spacial score (nSPS) is 13.2. The Bertz CT molecular complexity index is 1660. The van der Waals surface area contributed by atoms with Crippen LogP contribution in [-0.2, 0) is 57.3 Å². The van der Waals surface area contributed by atoms with Gasteiger partial charge in [0.2, 0.25) is 23.6 Å². The van der Waals surface area contributed by atoms with Crippen LogP contribution in [0.3, 0.4) is 0 Å². The maximum atomic E-state index is 12.9. The van der Waals surface area contributed by atoms with E-state index in [0.717, 1.165) is 24.0 Å². The van der Waals surface area contributed by atoms with Crippen LogP contribution in [0.2, 0.25) is 0 Å². The van der Waals surface area contributed by atoms with Gasteiger partial charge in [0.05, 0.1) is 13.2 Å². The second-order valence-electron chi connectivity index (χ2n) is 13.8. The molecular formula is C41H55N5O13. The van der Waals surface area contributed by atoms with Crippen LogP contribution in [0.1, 0.15) is 81.3 Å². The lowest BCUT2D eigenvalue weighted by Gasteiger charge is -2.17. The molecule has 1 heterocycles. The standard InChI is InChI=1S/C41H55N5O13/c1-54-19-5-21-56-23-17-42-35(47)7-3-9-37(49)44-28-11-13-30-31-14-12-29(45-38(50)10-4-8-36(48)43-18-24-57-22-6-20-55-2)26-33(31)34(32(30)25-28)27-58-41(53)59-46-39(51)15-16-40(46)52/h11-14,25-26,34H,3-10,15-24,27H2,1-2H3,(H,42,47)(H,43,48)(H,44,49)(H,45,50). The summed E-state index contributed by atoms with van der Waals surface area (Å²) in [6, 6.07) is 10.6. The number of methoxy groups -OCH3 is 2. The summed E-state index contributed by atoms with van der Waals surface area (Å²) >= 11 is 0. The van der Waals surface area contributed by atoms with Gasteiger partial charge >= 0.3 is 6.16 Å². The van der Waals surface area contributed by atoms with Crippen molar-refractivity contribution < 1.29 is 62.1 Å². The minimum absolute atomic E-state index is 0.0736. The van der Waals surface area contributed by atoms with Crippen LogP contribution >= 0.6 is 0 Å². The van der Waals surface area contributed by atoms with Gasteiger partial charge in [-0.3, -0.25) is 33.6 Å². The number of amides is 6. The number of rotatable bonds is 27. The summed E-state index contributed by atoms with van der Waals surface area (Å²) < 4.78 is 26.2. The number of carbonyl (C=O) groups is 7. The average Bonchev–Trinajstić information content (AvgIpc) is 3.69. The molecule has 0 bridgehead atoms. The minimum atomic E-state index is -1.24. The molecule has 1 fully saturated rings. The third kappa shape index (κ3) is 15.7. The molecule has 1 aliphatic carbocycles. The fraction of sp³-hybridized carbons (Fsp3) is 0.537. The largest absolute Gasteiger partial charge is 0.533 e. The quantitative estimate of drug-likeness (QED) is 0.0575. The topological polar surface area (TPSA) is 226 Å². The van der Waals surface area contributed by atoms with Crippen molar-refractivity contribution in [1.29, 1.82) is 0 Å². The third-order valence-corrected chi connectivity index (χ3v) is 9.28. The number of nitrogens with one attached hydrogen (secondary N) is 4. The maximum absolute atomic E-state index is 12.9. The first-order valence-corrected chi connectivity index (χ1v) is 19.8. The first kappa shape index (κ1) is 46.3. The molecule has 0 saturated carbocycles. The van der Waals surface area contributed by atoms with E-state index in [1.54, 1.807) is 38.5 Å². The number of hydroxylamine groups is 2. The van der Waals surface area contributed by atoms with E-state index in [0.29, 0.717) is 93.1 Å². The molecule has 0 radical (unpaired) electrons. The van der Waals surface area contributed by atoms with Crippen molar-refractivity contribution in [2.75, 3.05) is 84.2 Å². The van der Waals surface area contributed by atoms with Gasteiger partial charge in [0.25, 0.3) is 11.8 Å². The molecule has 4 rings (SSSR count). The van der Waals surface area contributed by atoms with Crippen molar-refractivity contribution in [3.05, 3.63) is 47.5 Å². The van der Waals surface area contributed by atoms with Crippen molar-refractivity contribution in [1.82, 2.24) is 15.7 Å². The van der Waals surface area contributed by atoms with E-state index in [1.165, 1.54) is 0 Å². The van der Waals surface area contributed by atoms with Gasteiger partial charge in [-0.1, -0.05) is 17.2 Å². The maximum Gasteiger partial charge on any atom is 0.533 e. The van der Waals surface area contributed by atoms with Gasteiger partial charge in [-0.25, -0.2) is 4.79 Å². The molecule has 0 spiro atoms. The van der Waals surface area contributed by atoms with Crippen molar-refractivity contribution in [2.24, 2.45) is 0 Å². The molecule has 2 aromatic rings. The summed E-state index contributed by atoms with van der Waals surface area (Å²) in [6.07, 6.45) is 1.34. The van der Waals surface area contributed by atoms with Crippen molar-refractivity contribution >= 4 is 53.0 Å². The number of anilines is 2. The molecule has 1 saturated heterocycles. The summed E-state index contributed by atoms with van der Waals surface area (Å²) in [6.45, 7) is 3.54. The predicted octanol–water partition coefficient (Wildman–Crippen LogP) is 3.57. The SMILES string of the molecule is COCCCOCCNC(=O)CCCC(=O)Nc1ccc2c(c1)C(COC(=O)ON1C(=O)CCC1=O)c1cc(NC(=O)CCCC(=O)NCCOCCCOC)ccc1-2. The van der Waals surface area contributed by atoms with Crippen molar-refractivity contribution in [2.45, 2.75) is 70.1 Å². The number of hydrogen-bond acceptors (Lipinski definition) is 13. The first-order valence-electron chi connectivity index (χ1n) is 19.8. The fourth-order valence-corrected chi connectivity index (χ4v) is 6.39. The lowest BCUT2D eigenvalue weighted by atomic mass is 9.97. The summed E-state index contributed by atoms with van der Waals surface area (Å²) in [5.74, 6) is -2.84. The van der Waals surface area contributed by atoms with Crippen LogP contribution in [0.4, 0.5) is 16.2 Å². The molecule has 18 nitrogen and oxygen atoms in total. The second kappa shape index (κ2) is 25.1. The van der Waals surface area contributed by atoms with Crippen LogP contribution in [0.5, 0.6) is 0 Å². The van der Waals surface area contributed by atoms with Crippen LogP contribution < -0.4 is 21.3 Å². The van der Waals surface area contributed by atoms with Crippen molar-refractivity contribution in [3.8, 4) is 11.1 Å². The van der Waals surface area contributed by atoms with Gasteiger partial charge in [-0.2, -0.15) is 0 Å². The van der Waals surface area contributed by atoms with Gasteiger partial charge in [0.15, 0.2) is 0 Å². The van der Waals surface area contributed by atoms with Gasteiger partial charge in [-0.15, -0.1) is 0 Å². The molecule has 2 aliphatic rings. The fourth-order valence-electron chi connectivity index (χ4n) is 6.39. The van der Waals surface area contributed by atoms with Crippen LogP contribution in [0.25, 0.3) is 11.1 Å². The molecule has 0 unspecified atom stereocenters. The van der Waals surface area contributed by atoms with E-state index in [2.05, 4.69) is 21.3 Å². The lowest BCUT2D eigenvalue weighted by Crippen LogP contribution is -2.32. The molecular weight excluding hydrogens is 770 g/mol. The predicted molar refractivity (Wildman–Crippen MR) is 213 cm³/mol. The zero-order chi connectivity index (χ0) is 42.4. The summed E-state index contributed by atoms with van der Waals surface area (Å²) in [5.41, 5.74) is 3.96. The van der Waals surface area contributed by atoms with E-state index >= 15 is 0 Å². The van der Waals surface area contributed by atoms with Gasteiger partial charge in [-0.05, 0) is 72.2 Å². The Morgan fingerprint density at radius 3 is 1.53 bits per heavy atom. The Hall–Kier alpha value is -5.43. The number of nitrogens with zero attached hydrogens (tertiary/aromatic N) is 1. The number of fused-ring (bicyclic) bond motifs is 3. The molecule has 18 heteroatoms. The Kier molecular flexibility index (Phi) is 19.7. The Morgan fingerprint density at radius 1 is 0.610 bits per heavy atom. The Morgan fingerprint density at radius 2 is 1.07 bits per heavy atom. The van der Waals surface area contributed by atoms with E-state index in [4.69, 9.17) is 28.5 Å². The molecule has 6 amide bonds. The summed E-state index contributed by atoms with van der Waals surface area (Å²) in [7, 11) is 3.24. The van der Waals surface area contributed by atoms with Crippen LogP contribution in [-0.4, -0.2) is 120 Å². The summed E-state index contributed by atoms with van der Waals surface area (Å²) in [5, 5.41) is 11.7. The summed E-state index contributed by atoms with van der Waals surface area (Å²) in [4.78, 5) is 91.7. The van der Waals surface area contributed by atoms with E-state index < -0.39 is 23.9 Å². The monoisotopic (exact) mass is 825 g/mol. The van der Waals surface area contributed by atoms with E-state index in [-0.39, 0.29) is 68.8 Å². The molecule has 59 heavy (non-hydrogen) atoms. The molecule has 322 valence electrons. The minimum Gasteiger partial charge on any atom is -0.432 e. The Labute approximate surface area is 343 Å². The molecule has 0 aromatic heterocycles. The number of ether oxygens (including phenoxy) is 5. The smallest absolute Gasteiger partial charge is 0.432 e. The lowest BCUT2D eigenvalue weighted by molar-refractivity contribution is -0.177. The highest BCUT2D eigenvalue weighted by Gasteiger charge is 2.35.